The first-order valence-electron chi connectivity index (χ1n) is 6.52. The highest BCUT2D eigenvalue weighted by Crippen LogP contribution is 2.31. The van der Waals surface area contributed by atoms with Gasteiger partial charge in [0.15, 0.2) is 0 Å². The van der Waals surface area contributed by atoms with Crippen molar-refractivity contribution in [1.29, 1.82) is 0 Å². The molecule has 0 aromatic heterocycles. The minimum Gasteiger partial charge on any atom is -0.488 e. The zero-order valence-electron chi connectivity index (χ0n) is 11.3. The van der Waals surface area contributed by atoms with E-state index in [-0.39, 0.29) is 6.10 Å². The molecule has 2 N–H and O–H groups in total. The van der Waals surface area contributed by atoms with E-state index in [9.17, 15) is 8.42 Å². The lowest BCUT2D eigenvalue weighted by Gasteiger charge is -2.18. The molecule has 1 aromatic carbocycles. The molecule has 0 radical (unpaired) electrons. The molecular formula is C13H20N2O3S. The fourth-order valence-electron chi connectivity index (χ4n) is 2.30. The first-order valence-corrected chi connectivity index (χ1v) is 7.96. The van der Waals surface area contributed by atoms with Gasteiger partial charge < -0.3 is 10.5 Å². The summed E-state index contributed by atoms with van der Waals surface area (Å²) in [5.74, 6) is 0.744. The lowest BCUT2D eigenvalue weighted by atomic mass is 10.1. The molecule has 1 unspecified atom stereocenters. The monoisotopic (exact) mass is 284 g/mol. The highest BCUT2D eigenvalue weighted by Gasteiger charge is 2.26. The van der Waals surface area contributed by atoms with Gasteiger partial charge in [-0.05, 0) is 23.8 Å². The predicted molar refractivity (Wildman–Crippen MR) is 73.7 cm³/mol. The Bertz CT molecular complexity index is 553. The van der Waals surface area contributed by atoms with Crippen molar-refractivity contribution >= 4 is 10.0 Å². The summed E-state index contributed by atoms with van der Waals surface area (Å²) in [6.07, 6.45) is 0.634. The molecule has 0 spiro atoms. The number of ether oxygens (including phenoxy) is 1. The summed E-state index contributed by atoms with van der Waals surface area (Å²) in [5, 5.41) is 0. The van der Waals surface area contributed by atoms with Crippen LogP contribution in [0.15, 0.2) is 23.1 Å². The third-order valence-electron chi connectivity index (χ3n) is 3.38. The molecule has 0 saturated heterocycles. The maximum atomic E-state index is 12.4. The largest absolute Gasteiger partial charge is 0.488 e. The van der Waals surface area contributed by atoms with Crippen molar-refractivity contribution in [3.8, 4) is 5.75 Å². The van der Waals surface area contributed by atoms with E-state index in [1.54, 1.807) is 18.2 Å². The van der Waals surface area contributed by atoms with Gasteiger partial charge in [-0.3, -0.25) is 0 Å². The van der Waals surface area contributed by atoms with Gasteiger partial charge in [-0.25, -0.2) is 8.42 Å². The molecule has 0 bridgehead atoms. The average Bonchev–Trinajstić information content (AvgIpc) is 2.81. The van der Waals surface area contributed by atoms with Crippen LogP contribution in [0.2, 0.25) is 0 Å². The molecule has 106 valence electrons. The number of benzene rings is 1. The Kier molecular flexibility index (Phi) is 4.13. The Labute approximate surface area is 114 Å². The second-order valence-electron chi connectivity index (χ2n) is 4.54. The van der Waals surface area contributed by atoms with E-state index < -0.39 is 10.0 Å². The van der Waals surface area contributed by atoms with Gasteiger partial charge in [0.1, 0.15) is 11.9 Å². The quantitative estimate of drug-likeness (QED) is 0.875. The average molecular weight is 284 g/mol. The Morgan fingerprint density at radius 2 is 2.05 bits per heavy atom. The molecule has 0 saturated carbocycles. The molecule has 1 aromatic rings. The van der Waals surface area contributed by atoms with Crippen LogP contribution in [0.1, 0.15) is 19.4 Å². The van der Waals surface area contributed by atoms with Gasteiger partial charge >= 0.3 is 0 Å². The maximum Gasteiger partial charge on any atom is 0.243 e. The van der Waals surface area contributed by atoms with Crippen LogP contribution in [0.5, 0.6) is 5.75 Å². The zero-order chi connectivity index (χ0) is 14.0. The van der Waals surface area contributed by atoms with Gasteiger partial charge in [-0.15, -0.1) is 0 Å². The van der Waals surface area contributed by atoms with Crippen molar-refractivity contribution in [3.05, 3.63) is 23.8 Å². The molecule has 6 heteroatoms. The molecular weight excluding hydrogens is 264 g/mol. The summed E-state index contributed by atoms with van der Waals surface area (Å²) < 4.78 is 31.9. The van der Waals surface area contributed by atoms with Crippen molar-refractivity contribution in [1.82, 2.24) is 4.31 Å². The van der Waals surface area contributed by atoms with E-state index in [0.29, 0.717) is 31.0 Å². The molecule has 1 heterocycles. The molecule has 0 amide bonds. The van der Waals surface area contributed by atoms with Gasteiger partial charge in [0, 0.05) is 26.1 Å². The van der Waals surface area contributed by atoms with E-state index in [2.05, 4.69) is 0 Å². The zero-order valence-corrected chi connectivity index (χ0v) is 12.1. The van der Waals surface area contributed by atoms with Crippen LogP contribution in [0.4, 0.5) is 0 Å². The van der Waals surface area contributed by atoms with Gasteiger partial charge in [0.05, 0.1) is 4.90 Å². The first-order chi connectivity index (χ1) is 9.02. The molecule has 0 aliphatic carbocycles. The van der Waals surface area contributed by atoms with Crippen molar-refractivity contribution in [2.24, 2.45) is 5.73 Å². The SMILES string of the molecule is CCN(CC)S(=O)(=O)c1ccc2c(c1)CC(CN)O2. The molecule has 1 atom stereocenters. The van der Waals surface area contributed by atoms with Crippen LogP contribution in [-0.4, -0.2) is 38.5 Å². The summed E-state index contributed by atoms with van der Waals surface area (Å²) in [5.41, 5.74) is 6.50. The smallest absolute Gasteiger partial charge is 0.243 e. The minimum atomic E-state index is -3.40. The number of nitrogens with zero attached hydrogens (tertiary/aromatic N) is 1. The summed E-state index contributed by atoms with van der Waals surface area (Å²) in [7, 11) is -3.40. The Hall–Kier alpha value is -1.11. The highest BCUT2D eigenvalue weighted by molar-refractivity contribution is 7.89. The van der Waals surface area contributed by atoms with E-state index in [4.69, 9.17) is 10.5 Å². The van der Waals surface area contributed by atoms with Crippen molar-refractivity contribution < 1.29 is 13.2 Å². The molecule has 1 aliphatic rings. The highest BCUT2D eigenvalue weighted by atomic mass is 32.2. The lowest BCUT2D eigenvalue weighted by molar-refractivity contribution is 0.241. The van der Waals surface area contributed by atoms with E-state index in [1.807, 2.05) is 13.8 Å². The summed E-state index contributed by atoms with van der Waals surface area (Å²) in [6, 6.07) is 5.03. The van der Waals surface area contributed by atoms with Crippen LogP contribution in [0, 0.1) is 0 Å². The first kappa shape index (κ1) is 14.3. The molecule has 1 aliphatic heterocycles. The van der Waals surface area contributed by atoms with Gasteiger partial charge in [-0.2, -0.15) is 4.31 Å². The van der Waals surface area contributed by atoms with Crippen molar-refractivity contribution in [3.63, 3.8) is 0 Å². The standard InChI is InChI=1S/C13H20N2O3S/c1-3-15(4-2)19(16,17)12-5-6-13-10(8-12)7-11(9-14)18-13/h5-6,8,11H,3-4,7,9,14H2,1-2H3. The Morgan fingerprint density at radius 3 is 2.63 bits per heavy atom. The molecule has 19 heavy (non-hydrogen) atoms. The maximum absolute atomic E-state index is 12.4. The van der Waals surface area contributed by atoms with Gasteiger partial charge in [0.2, 0.25) is 10.0 Å². The number of sulfonamides is 1. The number of fused-ring (bicyclic) bond motifs is 1. The summed E-state index contributed by atoms with van der Waals surface area (Å²) >= 11 is 0. The Balaban J connectivity index is 2.34. The summed E-state index contributed by atoms with van der Waals surface area (Å²) in [6.45, 7) is 5.05. The van der Waals surface area contributed by atoms with Crippen LogP contribution in [0.3, 0.4) is 0 Å². The van der Waals surface area contributed by atoms with Gasteiger partial charge in [-0.1, -0.05) is 13.8 Å². The minimum absolute atomic E-state index is 0.0404. The predicted octanol–water partition coefficient (Wildman–Crippen LogP) is 0.979. The molecule has 5 nitrogen and oxygen atoms in total. The van der Waals surface area contributed by atoms with E-state index in [1.165, 1.54) is 4.31 Å². The normalized spacial score (nSPS) is 18.4. The van der Waals surface area contributed by atoms with Crippen LogP contribution < -0.4 is 10.5 Å². The third-order valence-corrected chi connectivity index (χ3v) is 5.43. The van der Waals surface area contributed by atoms with E-state index >= 15 is 0 Å². The van der Waals surface area contributed by atoms with Crippen LogP contribution in [0.25, 0.3) is 0 Å². The van der Waals surface area contributed by atoms with Crippen molar-refractivity contribution in [2.45, 2.75) is 31.3 Å². The molecule has 0 fully saturated rings. The fraction of sp³-hybridized carbons (Fsp3) is 0.538. The van der Waals surface area contributed by atoms with Crippen molar-refractivity contribution in [2.75, 3.05) is 19.6 Å². The summed E-state index contributed by atoms with van der Waals surface area (Å²) in [4.78, 5) is 0.330. The fourth-order valence-corrected chi connectivity index (χ4v) is 3.81. The number of nitrogens with two attached hydrogens (primary N) is 1. The Morgan fingerprint density at radius 1 is 1.37 bits per heavy atom. The third kappa shape index (κ3) is 2.61. The number of hydrogen-bond acceptors (Lipinski definition) is 4. The number of rotatable bonds is 5. The van der Waals surface area contributed by atoms with Crippen LogP contribution >= 0.6 is 0 Å². The second kappa shape index (κ2) is 5.48. The topological polar surface area (TPSA) is 72.6 Å². The van der Waals surface area contributed by atoms with Crippen LogP contribution in [-0.2, 0) is 16.4 Å². The molecule has 2 rings (SSSR count). The van der Waals surface area contributed by atoms with Gasteiger partial charge in [0.25, 0.3) is 0 Å². The second-order valence-corrected chi connectivity index (χ2v) is 6.48. The van der Waals surface area contributed by atoms with E-state index in [0.717, 1.165) is 11.3 Å². The lowest BCUT2D eigenvalue weighted by Crippen LogP contribution is -2.30. The number of hydrogen-bond donors (Lipinski definition) is 1.